The number of anilines is 1. The average molecular weight is 333 g/mol. The van der Waals surface area contributed by atoms with Crippen LogP contribution in [0.1, 0.15) is 77.3 Å². The molecule has 0 aliphatic carbocycles. The number of esters is 1. The first-order chi connectivity index (χ1) is 11.3. The molecule has 0 unspecified atom stereocenters. The van der Waals surface area contributed by atoms with Gasteiger partial charge in [0.05, 0.1) is 5.92 Å². The van der Waals surface area contributed by atoms with E-state index in [9.17, 15) is 9.59 Å². The summed E-state index contributed by atoms with van der Waals surface area (Å²) >= 11 is 0. The molecule has 0 saturated heterocycles. The Kier molecular flexibility index (Phi) is 7.96. The molecule has 0 saturated carbocycles. The predicted molar refractivity (Wildman–Crippen MR) is 98.3 cm³/mol. The SMILES string of the molecule is CCC(CC)C(=O)OCC(=O)Nc1c(C(C)C)cccc1C(C)C. The summed E-state index contributed by atoms with van der Waals surface area (Å²) in [6.07, 6.45) is 1.45. The highest BCUT2D eigenvalue weighted by molar-refractivity contribution is 5.94. The molecule has 1 amide bonds. The van der Waals surface area contributed by atoms with Crippen LogP contribution in [0.3, 0.4) is 0 Å². The molecule has 0 atom stereocenters. The lowest BCUT2D eigenvalue weighted by molar-refractivity contribution is -0.151. The number of hydrogen-bond acceptors (Lipinski definition) is 3. The van der Waals surface area contributed by atoms with Crippen LogP contribution in [0.5, 0.6) is 0 Å². The van der Waals surface area contributed by atoms with Crippen molar-refractivity contribution in [1.82, 2.24) is 0 Å². The van der Waals surface area contributed by atoms with Crippen LogP contribution in [0.2, 0.25) is 0 Å². The smallest absolute Gasteiger partial charge is 0.309 e. The van der Waals surface area contributed by atoms with Crippen LogP contribution in [-0.2, 0) is 14.3 Å². The largest absolute Gasteiger partial charge is 0.455 e. The van der Waals surface area contributed by atoms with E-state index in [1.807, 2.05) is 32.0 Å². The fraction of sp³-hybridized carbons (Fsp3) is 0.600. The van der Waals surface area contributed by atoms with E-state index in [-0.39, 0.29) is 24.4 Å². The highest BCUT2D eigenvalue weighted by atomic mass is 16.5. The van der Waals surface area contributed by atoms with Gasteiger partial charge in [-0.2, -0.15) is 0 Å². The number of carbonyl (C=O) groups is 2. The number of rotatable bonds is 8. The van der Waals surface area contributed by atoms with Crippen LogP contribution in [0, 0.1) is 5.92 Å². The van der Waals surface area contributed by atoms with Crippen molar-refractivity contribution < 1.29 is 14.3 Å². The average Bonchev–Trinajstić information content (AvgIpc) is 2.53. The van der Waals surface area contributed by atoms with Crippen LogP contribution in [-0.4, -0.2) is 18.5 Å². The zero-order valence-corrected chi connectivity index (χ0v) is 15.8. The van der Waals surface area contributed by atoms with Gasteiger partial charge in [0, 0.05) is 5.69 Å². The molecule has 1 aromatic rings. The minimum atomic E-state index is -0.295. The van der Waals surface area contributed by atoms with E-state index in [4.69, 9.17) is 4.74 Å². The van der Waals surface area contributed by atoms with Gasteiger partial charge in [-0.25, -0.2) is 0 Å². The van der Waals surface area contributed by atoms with E-state index in [1.165, 1.54) is 0 Å². The highest BCUT2D eigenvalue weighted by Gasteiger charge is 2.19. The Bertz CT molecular complexity index is 534. The summed E-state index contributed by atoms with van der Waals surface area (Å²) in [4.78, 5) is 24.2. The van der Waals surface area contributed by atoms with Crippen LogP contribution >= 0.6 is 0 Å². The van der Waals surface area contributed by atoms with Gasteiger partial charge in [0.15, 0.2) is 6.61 Å². The maximum Gasteiger partial charge on any atom is 0.309 e. The van der Waals surface area contributed by atoms with Crippen molar-refractivity contribution in [2.24, 2.45) is 5.92 Å². The summed E-state index contributed by atoms with van der Waals surface area (Å²) in [6, 6.07) is 6.08. The Hall–Kier alpha value is -1.84. The van der Waals surface area contributed by atoms with Crippen LogP contribution in [0.25, 0.3) is 0 Å². The Morgan fingerprint density at radius 2 is 1.50 bits per heavy atom. The monoisotopic (exact) mass is 333 g/mol. The number of para-hydroxylation sites is 1. The van der Waals surface area contributed by atoms with Crippen molar-refractivity contribution in [3.8, 4) is 0 Å². The molecule has 4 nitrogen and oxygen atoms in total. The van der Waals surface area contributed by atoms with Gasteiger partial charge in [0.2, 0.25) is 0 Å². The molecule has 1 aromatic carbocycles. The number of ether oxygens (including phenoxy) is 1. The summed E-state index contributed by atoms with van der Waals surface area (Å²) in [7, 11) is 0. The second-order valence-electron chi connectivity index (χ2n) is 6.79. The number of benzene rings is 1. The van der Waals surface area contributed by atoms with Crippen molar-refractivity contribution in [2.75, 3.05) is 11.9 Å². The molecular weight excluding hydrogens is 302 g/mol. The Balaban J connectivity index is 2.85. The van der Waals surface area contributed by atoms with Gasteiger partial charge in [-0.3, -0.25) is 9.59 Å². The molecule has 0 aliphatic heterocycles. The van der Waals surface area contributed by atoms with Crippen molar-refractivity contribution in [3.63, 3.8) is 0 Å². The first-order valence-corrected chi connectivity index (χ1v) is 8.90. The third-order valence-corrected chi connectivity index (χ3v) is 4.30. The summed E-state index contributed by atoms with van der Waals surface area (Å²) in [5.41, 5.74) is 3.05. The van der Waals surface area contributed by atoms with E-state index in [2.05, 4.69) is 33.0 Å². The van der Waals surface area contributed by atoms with Gasteiger partial charge in [-0.05, 0) is 35.8 Å². The maximum absolute atomic E-state index is 12.3. The number of carbonyl (C=O) groups excluding carboxylic acids is 2. The van der Waals surface area contributed by atoms with Crippen LogP contribution < -0.4 is 5.32 Å². The van der Waals surface area contributed by atoms with Gasteiger partial charge in [-0.1, -0.05) is 59.7 Å². The van der Waals surface area contributed by atoms with Crippen molar-refractivity contribution in [1.29, 1.82) is 0 Å². The third-order valence-electron chi connectivity index (χ3n) is 4.30. The maximum atomic E-state index is 12.3. The molecule has 0 fully saturated rings. The Morgan fingerprint density at radius 1 is 1.00 bits per heavy atom. The zero-order valence-electron chi connectivity index (χ0n) is 15.8. The first kappa shape index (κ1) is 20.2. The second kappa shape index (κ2) is 9.45. The minimum Gasteiger partial charge on any atom is -0.455 e. The molecule has 4 heteroatoms. The Morgan fingerprint density at radius 3 is 1.92 bits per heavy atom. The van der Waals surface area contributed by atoms with Gasteiger partial charge in [0.25, 0.3) is 5.91 Å². The molecule has 1 N–H and O–H groups in total. The fourth-order valence-corrected chi connectivity index (χ4v) is 2.75. The van der Waals surface area contributed by atoms with Gasteiger partial charge >= 0.3 is 5.97 Å². The predicted octanol–water partition coefficient (Wildman–Crippen LogP) is 4.85. The molecule has 134 valence electrons. The summed E-state index contributed by atoms with van der Waals surface area (Å²) in [5.74, 6) is -0.120. The lowest BCUT2D eigenvalue weighted by Gasteiger charge is -2.20. The quantitative estimate of drug-likeness (QED) is 0.692. The molecule has 1 rings (SSSR count). The van der Waals surface area contributed by atoms with Crippen LogP contribution in [0.4, 0.5) is 5.69 Å². The molecule has 0 aliphatic rings. The molecular formula is C20H31NO3. The van der Waals surface area contributed by atoms with Crippen LogP contribution in [0.15, 0.2) is 18.2 Å². The summed E-state index contributed by atoms with van der Waals surface area (Å²) < 4.78 is 5.17. The summed E-state index contributed by atoms with van der Waals surface area (Å²) in [6.45, 7) is 12.1. The van der Waals surface area contributed by atoms with E-state index in [1.54, 1.807) is 0 Å². The van der Waals surface area contributed by atoms with Crippen molar-refractivity contribution >= 4 is 17.6 Å². The van der Waals surface area contributed by atoms with E-state index < -0.39 is 0 Å². The zero-order chi connectivity index (χ0) is 18.3. The molecule has 0 aromatic heterocycles. The lowest BCUT2D eigenvalue weighted by Crippen LogP contribution is -2.25. The van der Waals surface area contributed by atoms with E-state index in [0.717, 1.165) is 29.7 Å². The molecule has 0 spiro atoms. The molecule has 0 bridgehead atoms. The normalized spacial score (nSPS) is 11.2. The number of amides is 1. The van der Waals surface area contributed by atoms with Gasteiger partial charge < -0.3 is 10.1 Å². The molecule has 24 heavy (non-hydrogen) atoms. The van der Waals surface area contributed by atoms with Gasteiger partial charge in [-0.15, -0.1) is 0 Å². The fourth-order valence-electron chi connectivity index (χ4n) is 2.75. The summed E-state index contributed by atoms with van der Waals surface area (Å²) in [5, 5.41) is 2.96. The number of nitrogens with one attached hydrogen (secondary N) is 1. The van der Waals surface area contributed by atoms with Gasteiger partial charge in [0.1, 0.15) is 0 Å². The number of hydrogen-bond donors (Lipinski definition) is 1. The van der Waals surface area contributed by atoms with Crippen molar-refractivity contribution in [2.45, 2.75) is 66.2 Å². The van der Waals surface area contributed by atoms with E-state index in [0.29, 0.717) is 11.8 Å². The first-order valence-electron chi connectivity index (χ1n) is 8.90. The Labute approximate surface area is 146 Å². The minimum absolute atomic E-state index is 0.132. The molecule has 0 radical (unpaired) electrons. The second-order valence-corrected chi connectivity index (χ2v) is 6.79. The topological polar surface area (TPSA) is 55.4 Å². The van der Waals surface area contributed by atoms with Crippen molar-refractivity contribution in [3.05, 3.63) is 29.3 Å². The van der Waals surface area contributed by atoms with E-state index >= 15 is 0 Å². The standard InChI is InChI=1S/C20H31NO3/c1-7-15(8-2)20(23)24-12-18(22)21-19-16(13(3)4)10-9-11-17(19)14(5)6/h9-11,13-15H,7-8,12H2,1-6H3,(H,21,22). The highest BCUT2D eigenvalue weighted by Crippen LogP contribution is 2.32. The molecule has 0 heterocycles. The lowest BCUT2D eigenvalue weighted by atomic mass is 9.92. The third kappa shape index (κ3) is 5.36.